The topological polar surface area (TPSA) is 55.2 Å². The molecule has 70 valence electrons. The molecule has 1 aliphatic rings. The van der Waals surface area contributed by atoms with Gasteiger partial charge in [-0.15, -0.1) is 0 Å². The molecule has 0 unspecified atom stereocenters. The molecule has 0 aliphatic carbocycles. The zero-order chi connectivity index (χ0) is 9.14. The van der Waals surface area contributed by atoms with Crippen molar-refractivity contribution in [2.24, 2.45) is 11.8 Å². The lowest BCUT2D eigenvalue weighted by atomic mass is 9.84. The third kappa shape index (κ3) is 1.94. The van der Waals surface area contributed by atoms with E-state index in [1.54, 1.807) is 0 Å². The van der Waals surface area contributed by atoms with E-state index in [1.165, 1.54) is 0 Å². The predicted molar refractivity (Wildman–Crippen MR) is 46.6 cm³/mol. The molecule has 2 atom stereocenters. The van der Waals surface area contributed by atoms with Gasteiger partial charge in [-0.05, 0) is 18.9 Å². The van der Waals surface area contributed by atoms with Gasteiger partial charge in [0.05, 0.1) is 6.54 Å². The van der Waals surface area contributed by atoms with Gasteiger partial charge in [0, 0.05) is 10.8 Å². The van der Waals surface area contributed by atoms with E-state index in [0.717, 1.165) is 13.0 Å². The van der Waals surface area contributed by atoms with Crippen molar-refractivity contribution in [1.82, 2.24) is 5.32 Å². The highest BCUT2D eigenvalue weighted by molar-refractivity contribution is 4.79. The van der Waals surface area contributed by atoms with Crippen molar-refractivity contribution >= 4 is 0 Å². The minimum Gasteiger partial charge on any atom is -0.310 e. The molecule has 4 nitrogen and oxygen atoms in total. The first kappa shape index (κ1) is 9.45. The van der Waals surface area contributed by atoms with Gasteiger partial charge in [0.15, 0.2) is 0 Å². The minimum absolute atomic E-state index is 0.142. The first-order valence-electron chi connectivity index (χ1n) is 4.47. The summed E-state index contributed by atoms with van der Waals surface area (Å²) >= 11 is 0. The van der Waals surface area contributed by atoms with Crippen LogP contribution >= 0.6 is 0 Å². The molecule has 12 heavy (non-hydrogen) atoms. The molecule has 1 heterocycles. The van der Waals surface area contributed by atoms with Crippen LogP contribution in [0, 0.1) is 22.0 Å². The van der Waals surface area contributed by atoms with E-state index >= 15 is 0 Å². The maximum atomic E-state index is 10.6. The van der Waals surface area contributed by atoms with Crippen LogP contribution in [0.25, 0.3) is 0 Å². The van der Waals surface area contributed by atoms with Gasteiger partial charge in [0.1, 0.15) is 0 Å². The standard InChI is InChI=1S/C8H16N2O2/c1-6(2)7-3-4-9-5-8(7)10(11)12/h6-9H,3-5H2,1-2H3/t7-,8-/m0/s1. The van der Waals surface area contributed by atoms with E-state index < -0.39 is 0 Å². The molecular weight excluding hydrogens is 156 g/mol. The molecule has 1 N–H and O–H groups in total. The van der Waals surface area contributed by atoms with Crippen LogP contribution in [-0.4, -0.2) is 24.1 Å². The summed E-state index contributed by atoms with van der Waals surface area (Å²) in [7, 11) is 0. The van der Waals surface area contributed by atoms with Crippen molar-refractivity contribution in [3.05, 3.63) is 10.1 Å². The maximum absolute atomic E-state index is 10.6. The van der Waals surface area contributed by atoms with Gasteiger partial charge in [-0.2, -0.15) is 0 Å². The van der Waals surface area contributed by atoms with E-state index in [2.05, 4.69) is 19.2 Å². The van der Waals surface area contributed by atoms with Gasteiger partial charge in [-0.3, -0.25) is 10.1 Å². The summed E-state index contributed by atoms with van der Waals surface area (Å²) in [5.74, 6) is 0.670. The molecule has 1 saturated heterocycles. The van der Waals surface area contributed by atoms with Gasteiger partial charge in [0.25, 0.3) is 0 Å². The molecule has 0 aromatic carbocycles. The highest BCUT2D eigenvalue weighted by Gasteiger charge is 2.35. The van der Waals surface area contributed by atoms with Crippen LogP contribution in [0.4, 0.5) is 0 Å². The molecule has 1 rings (SSSR count). The number of hydrogen-bond donors (Lipinski definition) is 1. The number of hydrogen-bond acceptors (Lipinski definition) is 3. The third-order valence-electron chi connectivity index (χ3n) is 2.63. The molecule has 0 spiro atoms. The Kier molecular flexibility index (Phi) is 3.03. The Bertz CT molecular complexity index is 170. The van der Waals surface area contributed by atoms with Gasteiger partial charge in [-0.1, -0.05) is 13.8 Å². The van der Waals surface area contributed by atoms with Crippen LogP contribution in [0.5, 0.6) is 0 Å². The Balaban J connectivity index is 2.60. The summed E-state index contributed by atoms with van der Waals surface area (Å²) in [6, 6.07) is -0.376. The Morgan fingerprint density at radius 2 is 2.25 bits per heavy atom. The molecule has 0 aromatic heterocycles. The summed E-state index contributed by atoms with van der Waals surface area (Å²) in [5.41, 5.74) is 0. The minimum atomic E-state index is -0.376. The number of nitro groups is 1. The lowest BCUT2D eigenvalue weighted by Crippen LogP contribution is -2.46. The van der Waals surface area contributed by atoms with E-state index in [9.17, 15) is 10.1 Å². The Morgan fingerprint density at radius 3 is 2.67 bits per heavy atom. The van der Waals surface area contributed by atoms with Crippen LogP contribution in [0.15, 0.2) is 0 Å². The fraction of sp³-hybridized carbons (Fsp3) is 1.00. The highest BCUT2D eigenvalue weighted by Crippen LogP contribution is 2.23. The van der Waals surface area contributed by atoms with Crippen LogP contribution < -0.4 is 5.32 Å². The van der Waals surface area contributed by atoms with Crippen molar-refractivity contribution in [1.29, 1.82) is 0 Å². The number of nitrogens with zero attached hydrogens (tertiary/aromatic N) is 1. The Hall–Kier alpha value is -0.640. The normalized spacial score (nSPS) is 30.6. The largest absolute Gasteiger partial charge is 0.310 e. The molecule has 0 amide bonds. The van der Waals surface area contributed by atoms with Crippen molar-refractivity contribution < 1.29 is 4.92 Å². The van der Waals surface area contributed by atoms with Gasteiger partial charge < -0.3 is 5.32 Å². The molecule has 0 saturated carbocycles. The molecule has 0 aromatic rings. The smallest absolute Gasteiger partial charge is 0.228 e. The average molecular weight is 172 g/mol. The lowest BCUT2D eigenvalue weighted by Gasteiger charge is -2.28. The molecule has 0 bridgehead atoms. The number of piperidine rings is 1. The molecular formula is C8H16N2O2. The Labute approximate surface area is 72.5 Å². The van der Waals surface area contributed by atoms with Crippen LogP contribution in [0.2, 0.25) is 0 Å². The van der Waals surface area contributed by atoms with E-state index in [0.29, 0.717) is 12.5 Å². The average Bonchev–Trinajstić information content (AvgIpc) is 2.04. The summed E-state index contributed by atoms with van der Waals surface area (Å²) in [6.45, 7) is 5.59. The van der Waals surface area contributed by atoms with Crippen LogP contribution in [0.1, 0.15) is 20.3 Å². The van der Waals surface area contributed by atoms with Gasteiger partial charge in [-0.25, -0.2) is 0 Å². The second-order valence-corrected chi connectivity index (χ2v) is 3.75. The number of nitrogens with one attached hydrogen (secondary N) is 1. The lowest BCUT2D eigenvalue weighted by molar-refractivity contribution is -0.534. The number of rotatable bonds is 2. The summed E-state index contributed by atoms with van der Waals surface area (Å²) in [6.07, 6.45) is 0.934. The molecule has 1 fully saturated rings. The van der Waals surface area contributed by atoms with Crippen molar-refractivity contribution in [3.63, 3.8) is 0 Å². The van der Waals surface area contributed by atoms with Crippen LogP contribution in [0.3, 0.4) is 0 Å². The van der Waals surface area contributed by atoms with E-state index in [4.69, 9.17) is 0 Å². The first-order chi connectivity index (χ1) is 5.63. The fourth-order valence-corrected chi connectivity index (χ4v) is 1.87. The maximum Gasteiger partial charge on any atom is 0.228 e. The molecule has 1 aliphatic heterocycles. The summed E-state index contributed by atoms with van der Waals surface area (Å²) in [5, 5.41) is 13.7. The summed E-state index contributed by atoms with van der Waals surface area (Å²) < 4.78 is 0. The van der Waals surface area contributed by atoms with Gasteiger partial charge >= 0.3 is 0 Å². The fourth-order valence-electron chi connectivity index (χ4n) is 1.87. The quantitative estimate of drug-likeness (QED) is 0.497. The summed E-state index contributed by atoms with van der Waals surface area (Å²) in [4.78, 5) is 10.5. The van der Waals surface area contributed by atoms with Gasteiger partial charge in [0.2, 0.25) is 6.04 Å². The second kappa shape index (κ2) is 3.85. The highest BCUT2D eigenvalue weighted by atomic mass is 16.6. The van der Waals surface area contributed by atoms with E-state index in [1.807, 2.05) is 0 Å². The van der Waals surface area contributed by atoms with Crippen LogP contribution in [-0.2, 0) is 0 Å². The zero-order valence-electron chi connectivity index (χ0n) is 7.62. The zero-order valence-corrected chi connectivity index (χ0v) is 7.62. The third-order valence-corrected chi connectivity index (χ3v) is 2.63. The predicted octanol–water partition coefficient (Wildman–Crippen LogP) is 0.897. The molecule has 4 heteroatoms. The second-order valence-electron chi connectivity index (χ2n) is 3.75. The first-order valence-corrected chi connectivity index (χ1v) is 4.47. The van der Waals surface area contributed by atoms with Crippen molar-refractivity contribution in [2.45, 2.75) is 26.3 Å². The molecule has 0 radical (unpaired) electrons. The van der Waals surface area contributed by atoms with E-state index in [-0.39, 0.29) is 16.9 Å². The van der Waals surface area contributed by atoms with Crippen molar-refractivity contribution in [3.8, 4) is 0 Å². The SMILES string of the molecule is CC(C)[C@@H]1CCNC[C@@H]1[N+](=O)[O-]. The Morgan fingerprint density at radius 1 is 1.58 bits per heavy atom. The van der Waals surface area contributed by atoms with Crippen molar-refractivity contribution in [2.75, 3.05) is 13.1 Å². The monoisotopic (exact) mass is 172 g/mol.